The van der Waals surface area contributed by atoms with Gasteiger partial charge in [-0.1, -0.05) is 6.92 Å². The average Bonchev–Trinajstić information content (AvgIpc) is 2.38. The van der Waals surface area contributed by atoms with Gasteiger partial charge in [-0.2, -0.15) is 0 Å². The first kappa shape index (κ1) is 13.6. The number of methoxy groups -OCH3 is 2. The molecule has 4 nitrogen and oxygen atoms in total. The highest BCUT2D eigenvalue weighted by Crippen LogP contribution is 2.29. The molecule has 1 aromatic carbocycles. The fourth-order valence-corrected chi connectivity index (χ4v) is 1.53. The van der Waals surface area contributed by atoms with E-state index in [1.54, 1.807) is 14.2 Å². The van der Waals surface area contributed by atoms with Crippen molar-refractivity contribution in [1.82, 2.24) is 0 Å². The van der Waals surface area contributed by atoms with E-state index in [0.29, 0.717) is 5.92 Å². The number of hydrogen-bond acceptors (Lipinski definition) is 4. The molecular weight excluding hydrogens is 216 g/mol. The summed E-state index contributed by atoms with van der Waals surface area (Å²) in [6.45, 7) is 3.79. The lowest BCUT2D eigenvalue weighted by atomic mass is 10.1. The lowest BCUT2D eigenvalue weighted by Gasteiger charge is -2.12. The molecule has 0 saturated carbocycles. The number of ether oxygens (including phenoxy) is 2. The van der Waals surface area contributed by atoms with Crippen LogP contribution in [0.2, 0.25) is 0 Å². The minimum Gasteiger partial charge on any atom is -0.493 e. The van der Waals surface area contributed by atoms with E-state index in [-0.39, 0.29) is 0 Å². The smallest absolute Gasteiger partial charge is 0.162 e. The average molecular weight is 238 g/mol. The maximum absolute atomic E-state index is 5.57. The summed E-state index contributed by atoms with van der Waals surface area (Å²) in [5.41, 5.74) is 6.60. The normalized spacial score (nSPS) is 12.0. The van der Waals surface area contributed by atoms with Crippen molar-refractivity contribution in [3.8, 4) is 11.5 Å². The molecule has 1 rings (SSSR count). The Kier molecular flexibility index (Phi) is 5.63. The van der Waals surface area contributed by atoms with Crippen LogP contribution < -0.4 is 20.5 Å². The summed E-state index contributed by atoms with van der Waals surface area (Å²) in [5.74, 6) is 2.03. The van der Waals surface area contributed by atoms with Gasteiger partial charge in [0.15, 0.2) is 11.5 Å². The molecule has 0 aliphatic rings. The molecule has 0 saturated heterocycles. The zero-order valence-electron chi connectivity index (χ0n) is 10.8. The maximum atomic E-state index is 5.57. The van der Waals surface area contributed by atoms with E-state index in [2.05, 4.69) is 12.2 Å². The molecular formula is C13H22N2O2. The highest BCUT2D eigenvalue weighted by atomic mass is 16.5. The monoisotopic (exact) mass is 238 g/mol. The molecule has 0 heterocycles. The largest absolute Gasteiger partial charge is 0.493 e. The van der Waals surface area contributed by atoms with Crippen LogP contribution in [0.25, 0.3) is 0 Å². The van der Waals surface area contributed by atoms with Gasteiger partial charge in [-0.15, -0.1) is 0 Å². The van der Waals surface area contributed by atoms with Crippen molar-refractivity contribution in [3.63, 3.8) is 0 Å². The van der Waals surface area contributed by atoms with Gasteiger partial charge in [0.2, 0.25) is 0 Å². The van der Waals surface area contributed by atoms with Gasteiger partial charge < -0.3 is 20.5 Å². The highest BCUT2D eigenvalue weighted by Gasteiger charge is 2.04. The quantitative estimate of drug-likeness (QED) is 0.764. The van der Waals surface area contributed by atoms with Gasteiger partial charge in [-0.05, 0) is 31.0 Å². The molecule has 4 heteroatoms. The summed E-state index contributed by atoms with van der Waals surface area (Å²) in [4.78, 5) is 0. The molecule has 0 amide bonds. The molecule has 1 unspecified atom stereocenters. The summed E-state index contributed by atoms with van der Waals surface area (Å²) in [7, 11) is 3.27. The topological polar surface area (TPSA) is 56.5 Å². The second-order valence-corrected chi connectivity index (χ2v) is 4.13. The molecule has 1 atom stereocenters. The first-order valence-electron chi connectivity index (χ1n) is 5.87. The predicted molar refractivity (Wildman–Crippen MR) is 70.9 cm³/mol. The Morgan fingerprint density at radius 2 is 1.94 bits per heavy atom. The van der Waals surface area contributed by atoms with Crippen molar-refractivity contribution in [3.05, 3.63) is 18.2 Å². The Balaban J connectivity index is 2.54. The fraction of sp³-hybridized carbons (Fsp3) is 0.538. The van der Waals surface area contributed by atoms with E-state index in [4.69, 9.17) is 15.2 Å². The lowest BCUT2D eigenvalue weighted by Crippen LogP contribution is -2.14. The SMILES string of the molecule is COc1ccc(NCCC(C)CN)cc1OC. The van der Waals surface area contributed by atoms with E-state index in [1.165, 1.54) is 0 Å². The minimum absolute atomic E-state index is 0.544. The van der Waals surface area contributed by atoms with Crippen LogP contribution in [0.5, 0.6) is 11.5 Å². The maximum Gasteiger partial charge on any atom is 0.162 e. The Labute approximate surface area is 103 Å². The Bertz CT molecular complexity index is 342. The summed E-state index contributed by atoms with van der Waals surface area (Å²) >= 11 is 0. The van der Waals surface area contributed by atoms with Crippen LogP contribution in [0.15, 0.2) is 18.2 Å². The molecule has 1 aromatic rings. The number of nitrogens with two attached hydrogens (primary N) is 1. The minimum atomic E-state index is 0.544. The van der Waals surface area contributed by atoms with E-state index < -0.39 is 0 Å². The van der Waals surface area contributed by atoms with Gasteiger partial charge in [0.25, 0.3) is 0 Å². The Morgan fingerprint density at radius 3 is 2.53 bits per heavy atom. The third kappa shape index (κ3) is 4.15. The molecule has 0 aliphatic carbocycles. The number of nitrogens with one attached hydrogen (secondary N) is 1. The van der Waals surface area contributed by atoms with Crippen LogP contribution in [0.3, 0.4) is 0 Å². The molecule has 0 fully saturated rings. The molecule has 3 N–H and O–H groups in total. The summed E-state index contributed by atoms with van der Waals surface area (Å²) in [5, 5.41) is 3.34. The number of benzene rings is 1. The molecule has 0 radical (unpaired) electrons. The van der Waals surface area contributed by atoms with E-state index in [0.717, 1.165) is 36.7 Å². The van der Waals surface area contributed by atoms with Crippen LogP contribution in [0.1, 0.15) is 13.3 Å². The number of anilines is 1. The van der Waals surface area contributed by atoms with E-state index in [1.807, 2.05) is 18.2 Å². The number of rotatable bonds is 7. The van der Waals surface area contributed by atoms with Crippen LogP contribution in [-0.2, 0) is 0 Å². The van der Waals surface area contributed by atoms with Crippen molar-refractivity contribution in [2.45, 2.75) is 13.3 Å². The molecule has 0 bridgehead atoms. The molecule has 0 aromatic heterocycles. The van der Waals surface area contributed by atoms with Gasteiger partial charge in [0.05, 0.1) is 14.2 Å². The first-order valence-corrected chi connectivity index (χ1v) is 5.87. The lowest BCUT2D eigenvalue weighted by molar-refractivity contribution is 0.355. The van der Waals surface area contributed by atoms with E-state index >= 15 is 0 Å². The second-order valence-electron chi connectivity index (χ2n) is 4.13. The van der Waals surface area contributed by atoms with Gasteiger partial charge in [0.1, 0.15) is 0 Å². The third-order valence-electron chi connectivity index (χ3n) is 2.75. The van der Waals surface area contributed by atoms with Crippen LogP contribution in [0, 0.1) is 5.92 Å². The second kappa shape index (κ2) is 7.01. The van der Waals surface area contributed by atoms with Gasteiger partial charge in [-0.3, -0.25) is 0 Å². The van der Waals surface area contributed by atoms with E-state index in [9.17, 15) is 0 Å². The van der Waals surface area contributed by atoms with Crippen molar-refractivity contribution < 1.29 is 9.47 Å². The summed E-state index contributed by atoms with van der Waals surface area (Å²) < 4.78 is 10.4. The first-order chi connectivity index (χ1) is 8.21. The third-order valence-corrected chi connectivity index (χ3v) is 2.75. The molecule has 0 spiro atoms. The Hall–Kier alpha value is -1.42. The molecule has 0 aliphatic heterocycles. The summed E-state index contributed by atoms with van der Waals surface area (Å²) in [6.07, 6.45) is 1.06. The van der Waals surface area contributed by atoms with Crippen molar-refractivity contribution in [1.29, 1.82) is 0 Å². The predicted octanol–water partition coefficient (Wildman–Crippen LogP) is 2.10. The standard InChI is InChI=1S/C13H22N2O2/c1-10(9-14)6-7-15-11-4-5-12(16-2)13(8-11)17-3/h4-5,8,10,15H,6-7,9,14H2,1-3H3. The molecule has 96 valence electrons. The van der Waals surface area contributed by atoms with Crippen molar-refractivity contribution >= 4 is 5.69 Å². The highest BCUT2D eigenvalue weighted by molar-refractivity contribution is 5.54. The van der Waals surface area contributed by atoms with Crippen LogP contribution in [-0.4, -0.2) is 27.3 Å². The van der Waals surface area contributed by atoms with Gasteiger partial charge >= 0.3 is 0 Å². The van der Waals surface area contributed by atoms with Crippen LogP contribution >= 0.6 is 0 Å². The fourth-order valence-electron chi connectivity index (χ4n) is 1.53. The zero-order chi connectivity index (χ0) is 12.7. The zero-order valence-corrected chi connectivity index (χ0v) is 10.8. The molecule has 17 heavy (non-hydrogen) atoms. The van der Waals surface area contributed by atoms with Crippen molar-refractivity contribution in [2.24, 2.45) is 11.7 Å². The van der Waals surface area contributed by atoms with Crippen LogP contribution in [0.4, 0.5) is 5.69 Å². The number of hydrogen-bond donors (Lipinski definition) is 2. The van der Waals surface area contributed by atoms with Gasteiger partial charge in [0, 0.05) is 18.3 Å². The Morgan fingerprint density at radius 1 is 1.24 bits per heavy atom. The van der Waals surface area contributed by atoms with Gasteiger partial charge in [-0.25, -0.2) is 0 Å². The van der Waals surface area contributed by atoms with Crippen molar-refractivity contribution in [2.75, 3.05) is 32.6 Å². The summed E-state index contributed by atoms with van der Waals surface area (Å²) in [6, 6.07) is 5.81.